The van der Waals surface area contributed by atoms with E-state index in [2.05, 4.69) is 40.9 Å². The van der Waals surface area contributed by atoms with Crippen LogP contribution in [-0.2, 0) is 0 Å². The molecule has 0 amide bonds. The number of aryl methyl sites for hydroxylation is 3. The molecule has 0 radical (unpaired) electrons. The Balaban J connectivity index is 2.28. The average Bonchev–Trinajstić information content (AvgIpc) is 2.71. The Bertz CT molecular complexity index is 756. The van der Waals surface area contributed by atoms with E-state index in [0.717, 1.165) is 16.9 Å². The summed E-state index contributed by atoms with van der Waals surface area (Å²) in [5.74, 6) is 1.39. The first kappa shape index (κ1) is 12.1. The molecule has 0 saturated carbocycles. The topological polar surface area (TPSA) is 43.6 Å². The lowest BCUT2D eigenvalue weighted by molar-refractivity contribution is 0.954. The standard InChI is InChI=1S/C14H13ClN4/c1-8-4-11-12(5-9(8)2)19(7-16-11)14-6-13(15)17-10(3)18-14/h4-7H,1-3H3. The van der Waals surface area contributed by atoms with Gasteiger partial charge in [0, 0.05) is 6.07 Å². The van der Waals surface area contributed by atoms with Gasteiger partial charge in [-0.15, -0.1) is 0 Å². The maximum Gasteiger partial charge on any atom is 0.143 e. The van der Waals surface area contributed by atoms with Crippen molar-refractivity contribution >= 4 is 22.6 Å². The Morgan fingerprint density at radius 3 is 2.47 bits per heavy atom. The van der Waals surface area contributed by atoms with Crippen LogP contribution >= 0.6 is 11.6 Å². The zero-order valence-corrected chi connectivity index (χ0v) is 11.7. The highest BCUT2D eigenvalue weighted by Crippen LogP contribution is 2.22. The quantitative estimate of drug-likeness (QED) is 0.638. The third-order valence-corrected chi connectivity index (χ3v) is 3.40. The van der Waals surface area contributed by atoms with E-state index in [9.17, 15) is 0 Å². The molecule has 0 aliphatic carbocycles. The summed E-state index contributed by atoms with van der Waals surface area (Å²) in [5, 5.41) is 0.438. The zero-order chi connectivity index (χ0) is 13.6. The van der Waals surface area contributed by atoms with Gasteiger partial charge in [-0.25, -0.2) is 15.0 Å². The first-order valence-corrected chi connectivity index (χ1v) is 6.38. The summed E-state index contributed by atoms with van der Waals surface area (Å²) in [6.45, 7) is 5.99. The second kappa shape index (κ2) is 4.31. The van der Waals surface area contributed by atoms with E-state index in [1.807, 2.05) is 11.5 Å². The first-order chi connectivity index (χ1) is 9.04. The molecule has 3 rings (SSSR count). The molecule has 0 bridgehead atoms. The van der Waals surface area contributed by atoms with Crippen molar-refractivity contribution in [1.29, 1.82) is 0 Å². The van der Waals surface area contributed by atoms with Crippen molar-refractivity contribution in [2.45, 2.75) is 20.8 Å². The van der Waals surface area contributed by atoms with Crippen molar-refractivity contribution in [3.63, 3.8) is 0 Å². The number of fused-ring (bicyclic) bond motifs is 1. The van der Waals surface area contributed by atoms with E-state index in [1.54, 1.807) is 12.4 Å². The SMILES string of the molecule is Cc1nc(Cl)cc(-n2cnc3cc(C)c(C)cc32)n1. The average molecular weight is 273 g/mol. The second-order valence-electron chi connectivity index (χ2n) is 4.64. The molecule has 19 heavy (non-hydrogen) atoms. The van der Waals surface area contributed by atoms with Crippen LogP contribution in [0.25, 0.3) is 16.9 Å². The molecule has 3 aromatic rings. The minimum Gasteiger partial charge on any atom is -0.283 e. The van der Waals surface area contributed by atoms with E-state index < -0.39 is 0 Å². The molecule has 0 atom stereocenters. The van der Waals surface area contributed by atoms with Gasteiger partial charge in [-0.1, -0.05) is 11.6 Å². The summed E-state index contributed by atoms with van der Waals surface area (Å²) < 4.78 is 1.93. The predicted molar refractivity (Wildman–Crippen MR) is 75.9 cm³/mol. The van der Waals surface area contributed by atoms with Gasteiger partial charge < -0.3 is 0 Å². The molecule has 1 aromatic carbocycles. The van der Waals surface area contributed by atoms with Crippen LogP contribution in [0.15, 0.2) is 24.5 Å². The molecule has 0 fully saturated rings. The summed E-state index contributed by atoms with van der Waals surface area (Å²) in [4.78, 5) is 12.9. The van der Waals surface area contributed by atoms with Crippen LogP contribution < -0.4 is 0 Å². The number of hydrogen-bond donors (Lipinski definition) is 0. The number of rotatable bonds is 1. The smallest absolute Gasteiger partial charge is 0.143 e. The number of hydrogen-bond acceptors (Lipinski definition) is 3. The van der Waals surface area contributed by atoms with Gasteiger partial charge in [0.1, 0.15) is 23.1 Å². The summed E-state index contributed by atoms with van der Waals surface area (Å²) in [6, 6.07) is 5.94. The summed E-state index contributed by atoms with van der Waals surface area (Å²) in [5.41, 5.74) is 4.44. The third kappa shape index (κ3) is 2.08. The van der Waals surface area contributed by atoms with Gasteiger partial charge in [0.25, 0.3) is 0 Å². The number of aromatic nitrogens is 4. The molecule has 2 aromatic heterocycles. The number of nitrogens with zero attached hydrogens (tertiary/aromatic N) is 4. The van der Waals surface area contributed by atoms with Crippen LogP contribution in [0.2, 0.25) is 5.15 Å². The lowest BCUT2D eigenvalue weighted by Gasteiger charge is -2.06. The summed E-state index contributed by atoms with van der Waals surface area (Å²) >= 11 is 5.99. The number of benzene rings is 1. The second-order valence-corrected chi connectivity index (χ2v) is 5.02. The fourth-order valence-electron chi connectivity index (χ4n) is 2.09. The van der Waals surface area contributed by atoms with E-state index in [-0.39, 0.29) is 0 Å². The minimum atomic E-state index is 0.438. The van der Waals surface area contributed by atoms with Crippen LogP contribution in [0.1, 0.15) is 17.0 Å². The molecule has 0 aliphatic heterocycles. The highest BCUT2D eigenvalue weighted by atomic mass is 35.5. The molecule has 0 saturated heterocycles. The molecule has 5 heteroatoms. The maximum absolute atomic E-state index is 5.99. The van der Waals surface area contributed by atoms with Crippen molar-refractivity contribution in [3.05, 3.63) is 46.6 Å². The first-order valence-electron chi connectivity index (χ1n) is 6.00. The molecule has 0 unspecified atom stereocenters. The van der Waals surface area contributed by atoms with Crippen molar-refractivity contribution in [1.82, 2.24) is 19.5 Å². The monoisotopic (exact) mass is 272 g/mol. The lowest BCUT2D eigenvalue weighted by atomic mass is 10.1. The molecule has 2 heterocycles. The van der Waals surface area contributed by atoms with Gasteiger partial charge in [0.15, 0.2) is 0 Å². The van der Waals surface area contributed by atoms with E-state index in [1.165, 1.54) is 11.1 Å². The molecular formula is C14H13ClN4. The maximum atomic E-state index is 5.99. The van der Waals surface area contributed by atoms with Crippen molar-refractivity contribution < 1.29 is 0 Å². The number of imidazole rings is 1. The van der Waals surface area contributed by atoms with E-state index >= 15 is 0 Å². The number of halogens is 1. The normalized spacial score (nSPS) is 11.2. The van der Waals surface area contributed by atoms with Crippen LogP contribution in [0.5, 0.6) is 0 Å². The summed E-state index contributed by atoms with van der Waals surface area (Å²) in [7, 11) is 0. The van der Waals surface area contributed by atoms with E-state index in [0.29, 0.717) is 11.0 Å². The molecule has 96 valence electrons. The molecule has 0 aliphatic rings. The van der Waals surface area contributed by atoms with Gasteiger partial charge in [-0.3, -0.25) is 4.57 Å². The van der Waals surface area contributed by atoms with Crippen molar-refractivity contribution in [2.75, 3.05) is 0 Å². The van der Waals surface area contributed by atoms with Gasteiger partial charge in [-0.05, 0) is 44.0 Å². The van der Waals surface area contributed by atoms with Crippen LogP contribution in [-0.4, -0.2) is 19.5 Å². The Labute approximate surface area is 116 Å². The van der Waals surface area contributed by atoms with Gasteiger partial charge in [0.05, 0.1) is 11.0 Å². The third-order valence-electron chi connectivity index (χ3n) is 3.20. The van der Waals surface area contributed by atoms with Gasteiger partial charge in [-0.2, -0.15) is 0 Å². The van der Waals surface area contributed by atoms with E-state index in [4.69, 9.17) is 11.6 Å². The fourth-order valence-corrected chi connectivity index (χ4v) is 2.31. The molecular weight excluding hydrogens is 260 g/mol. The van der Waals surface area contributed by atoms with Crippen LogP contribution in [0.4, 0.5) is 0 Å². The molecule has 0 spiro atoms. The highest BCUT2D eigenvalue weighted by molar-refractivity contribution is 6.29. The minimum absolute atomic E-state index is 0.438. The Morgan fingerprint density at radius 2 is 1.74 bits per heavy atom. The zero-order valence-electron chi connectivity index (χ0n) is 11.0. The molecule has 0 N–H and O–H groups in total. The largest absolute Gasteiger partial charge is 0.283 e. The Hall–Kier alpha value is -1.94. The van der Waals surface area contributed by atoms with Gasteiger partial charge >= 0.3 is 0 Å². The van der Waals surface area contributed by atoms with Crippen molar-refractivity contribution in [2.24, 2.45) is 0 Å². The summed E-state index contributed by atoms with van der Waals surface area (Å²) in [6.07, 6.45) is 1.77. The Morgan fingerprint density at radius 1 is 1.00 bits per heavy atom. The van der Waals surface area contributed by atoms with Crippen LogP contribution in [0, 0.1) is 20.8 Å². The fraction of sp³-hybridized carbons (Fsp3) is 0.214. The molecule has 4 nitrogen and oxygen atoms in total. The highest BCUT2D eigenvalue weighted by Gasteiger charge is 2.09. The van der Waals surface area contributed by atoms with Crippen LogP contribution in [0.3, 0.4) is 0 Å². The lowest BCUT2D eigenvalue weighted by Crippen LogP contribution is -1.99. The predicted octanol–water partition coefficient (Wildman–Crippen LogP) is 3.39. The Kier molecular flexibility index (Phi) is 2.75. The van der Waals surface area contributed by atoms with Gasteiger partial charge in [0.2, 0.25) is 0 Å². The van der Waals surface area contributed by atoms with Crippen molar-refractivity contribution in [3.8, 4) is 5.82 Å².